The predicted octanol–water partition coefficient (Wildman–Crippen LogP) is 3.11. The molecule has 0 unspecified atom stereocenters. The molecule has 9 heteroatoms. The molecular formula is C23H23N7O2. The second-order valence-corrected chi connectivity index (χ2v) is 7.25. The molecule has 32 heavy (non-hydrogen) atoms. The van der Waals surface area contributed by atoms with Crippen LogP contribution in [0.3, 0.4) is 0 Å². The molecule has 4 rings (SSSR count). The largest absolute Gasteiger partial charge is 0.353 e. The van der Waals surface area contributed by atoms with Gasteiger partial charge in [-0.3, -0.25) is 9.36 Å². The van der Waals surface area contributed by atoms with Crippen molar-refractivity contribution in [2.45, 2.75) is 32.7 Å². The summed E-state index contributed by atoms with van der Waals surface area (Å²) in [5, 5.41) is 18.6. The van der Waals surface area contributed by atoms with E-state index < -0.39 is 5.69 Å². The Kier molecular flexibility index (Phi) is 6.16. The number of benzene rings is 2. The highest BCUT2D eigenvalue weighted by Gasteiger charge is 2.17. The van der Waals surface area contributed by atoms with Gasteiger partial charge in [0.15, 0.2) is 0 Å². The number of tetrazole rings is 1. The van der Waals surface area contributed by atoms with Crippen molar-refractivity contribution in [1.29, 1.82) is 0 Å². The van der Waals surface area contributed by atoms with Gasteiger partial charge in [-0.2, -0.15) is 5.21 Å². The molecule has 2 heterocycles. The molecule has 1 N–H and O–H groups in total. The standard InChI is InChI=1S/C23H23N7O2/c1-3-5-10-20-26-30(21(31)4-2)23(32)29(20)15-16-11-13-17(14-12-16)18-8-6-7-9-19(18)22-24-27-28-25-22/h3,6-9,11-14H,1,4-5,10,15H2,2H3,(H,24,25,27,28). The van der Waals surface area contributed by atoms with E-state index >= 15 is 0 Å². The van der Waals surface area contributed by atoms with Crippen LogP contribution in [-0.2, 0) is 13.0 Å². The van der Waals surface area contributed by atoms with Crippen LogP contribution in [0, 0.1) is 0 Å². The van der Waals surface area contributed by atoms with E-state index in [4.69, 9.17) is 0 Å². The number of aromatic amines is 1. The van der Waals surface area contributed by atoms with Crippen LogP contribution in [-0.4, -0.2) is 40.9 Å². The van der Waals surface area contributed by atoms with Gasteiger partial charge in [-0.25, -0.2) is 4.79 Å². The van der Waals surface area contributed by atoms with Crippen molar-refractivity contribution >= 4 is 5.91 Å². The molecule has 2 aromatic heterocycles. The van der Waals surface area contributed by atoms with Crippen molar-refractivity contribution < 1.29 is 4.79 Å². The third kappa shape index (κ3) is 4.18. The van der Waals surface area contributed by atoms with Crippen molar-refractivity contribution in [3.8, 4) is 22.5 Å². The number of carbonyl (C=O) groups is 1. The van der Waals surface area contributed by atoms with Gasteiger partial charge in [-0.05, 0) is 28.3 Å². The normalized spacial score (nSPS) is 10.9. The lowest BCUT2D eigenvalue weighted by atomic mass is 9.98. The number of hydrogen-bond donors (Lipinski definition) is 1. The Morgan fingerprint density at radius 1 is 1.12 bits per heavy atom. The van der Waals surface area contributed by atoms with Gasteiger partial charge in [0.1, 0.15) is 5.82 Å². The van der Waals surface area contributed by atoms with Crippen LogP contribution in [0.2, 0.25) is 0 Å². The number of hydrogen-bond acceptors (Lipinski definition) is 6. The molecule has 2 aromatic carbocycles. The van der Waals surface area contributed by atoms with Gasteiger partial charge in [0.2, 0.25) is 5.82 Å². The Bertz CT molecular complexity index is 1280. The van der Waals surface area contributed by atoms with Crippen LogP contribution in [0.5, 0.6) is 0 Å². The molecule has 0 aliphatic carbocycles. The van der Waals surface area contributed by atoms with E-state index in [-0.39, 0.29) is 12.3 Å². The van der Waals surface area contributed by atoms with Gasteiger partial charge < -0.3 is 0 Å². The second-order valence-electron chi connectivity index (χ2n) is 7.25. The smallest absolute Gasteiger partial charge is 0.274 e. The Hall–Kier alpha value is -4.14. The first kappa shape index (κ1) is 21.1. The van der Waals surface area contributed by atoms with Crippen LogP contribution in [0.25, 0.3) is 22.5 Å². The topological polar surface area (TPSA) is 111 Å². The van der Waals surface area contributed by atoms with Crippen molar-refractivity contribution in [2.75, 3.05) is 0 Å². The van der Waals surface area contributed by atoms with Crippen molar-refractivity contribution in [1.82, 2.24) is 35.0 Å². The number of H-pyrrole nitrogens is 1. The lowest BCUT2D eigenvalue weighted by Crippen LogP contribution is -2.30. The van der Waals surface area contributed by atoms with E-state index in [0.29, 0.717) is 31.0 Å². The van der Waals surface area contributed by atoms with Crippen LogP contribution in [0.15, 0.2) is 66.0 Å². The molecule has 0 spiro atoms. The van der Waals surface area contributed by atoms with E-state index in [2.05, 4.69) is 32.3 Å². The minimum Gasteiger partial charge on any atom is -0.274 e. The quantitative estimate of drug-likeness (QED) is 0.431. The second kappa shape index (κ2) is 9.34. The summed E-state index contributed by atoms with van der Waals surface area (Å²) in [7, 11) is 0. The first-order valence-corrected chi connectivity index (χ1v) is 10.4. The molecule has 0 saturated heterocycles. The van der Waals surface area contributed by atoms with Crippen LogP contribution < -0.4 is 5.69 Å². The average Bonchev–Trinajstić information content (AvgIpc) is 3.47. The monoisotopic (exact) mass is 429 g/mol. The van der Waals surface area contributed by atoms with E-state index in [1.807, 2.05) is 48.5 Å². The first-order valence-electron chi connectivity index (χ1n) is 10.4. The van der Waals surface area contributed by atoms with Gasteiger partial charge in [-0.1, -0.05) is 61.5 Å². The third-order valence-corrected chi connectivity index (χ3v) is 5.17. The molecule has 0 amide bonds. The number of allylic oxidation sites excluding steroid dienone is 1. The highest BCUT2D eigenvalue weighted by atomic mass is 16.2. The first-order chi connectivity index (χ1) is 15.6. The van der Waals surface area contributed by atoms with Gasteiger partial charge >= 0.3 is 5.69 Å². The summed E-state index contributed by atoms with van der Waals surface area (Å²) >= 11 is 0. The van der Waals surface area contributed by atoms with Crippen LogP contribution in [0.4, 0.5) is 0 Å². The fraction of sp³-hybridized carbons (Fsp3) is 0.217. The lowest BCUT2D eigenvalue weighted by molar-refractivity contribution is 0.0887. The number of nitrogens with zero attached hydrogens (tertiary/aromatic N) is 6. The molecule has 4 aromatic rings. The van der Waals surface area contributed by atoms with E-state index in [0.717, 1.165) is 26.9 Å². The maximum Gasteiger partial charge on any atom is 0.353 e. The van der Waals surface area contributed by atoms with E-state index in [9.17, 15) is 9.59 Å². The minimum atomic E-state index is -0.414. The molecule has 9 nitrogen and oxygen atoms in total. The van der Waals surface area contributed by atoms with E-state index in [1.54, 1.807) is 17.6 Å². The Morgan fingerprint density at radius 2 is 1.88 bits per heavy atom. The van der Waals surface area contributed by atoms with Gasteiger partial charge in [0.25, 0.3) is 5.91 Å². The molecule has 0 bridgehead atoms. The molecule has 0 aliphatic heterocycles. The van der Waals surface area contributed by atoms with Gasteiger partial charge in [0, 0.05) is 18.4 Å². The fourth-order valence-electron chi connectivity index (χ4n) is 3.50. The van der Waals surface area contributed by atoms with Crippen molar-refractivity contribution in [2.24, 2.45) is 0 Å². The van der Waals surface area contributed by atoms with Crippen molar-refractivity contribution in [3.63, 3.8) is 0 Å². The number of carbonyl (C=O) groups excluding carboxylic acids is 1. The Labute approximate surface area is 184 Å². The maximum atomic E-state index is 12.8. The van der Waals surface area contributed by atoms with Crippen LogP contribution >= 0.6 is 0 Å². The highest BCUT2D eigenvalue weighted by Crippen LogP contribution is 2.29. The molecular weight excluding hydrogens is 406 g/mol. The minimum absolute atomic E-state index is 0.215. The molecule has 162 valence electrons. The molecule has 0 saturated carbocycles. The molecule has 0 atom stereocenters. The van der Waals surface area contributed by atoms with E-state index in [1.165, 1.54) is 0 Å². The summed E-state index contributed by atoms with van der Waals surface area (Å²) in [6.45, 7) is 5.77. The molecule has 0 radical (unpaired) electrons. The van der Waals surface area contributed by atoms with Crippen molar-refractivity contribution in [3.05, 3.63) is 83.1 Å². The summed E-state index contributed by atoms with van der Waals surface area (Å²) in [6.07, 6.45) is 3.19. The summed E-state index contributed by atoms with van der Waals surface area (Å²) in [5.74, 6) is 0.779. The number of aryl methyl sites for hydroxylation is 1. The number of aromatic nitrogens is 7. The summed E-state index contributed by atoms with van der Waals surface area (Å²) < 4.78 is 2.52. The Morgan fingerprint density at radius 3 is 2.53 bits per heavy atom. The maximum absolute atomic E-state index is 12.8. The average molecular weight is 429 g/mol. The summed E-state index contributed by atoms with van der Waals surface area (Å²) in [6, 6.07) is 15.7. The number of rotatable bonds is 8. The Balaban J connectivity index is 1.64. The molecule has 0 aliphatic rings. The number of nitrogens with one attached hydrogen (secondary N) is 1. The third-order valence-electron chi connectivity index (χ3n) is 5.17. The zero-order valence-electron chi connectivity index (χ0n) is 17.7. The molecule has 0 fully saturated rings. The predicted molar refractivity (Wildman–Crippen MR) is 120 cm³/mol. The summed E-state index contributed by atoms with van der Waals surface area (Å²) in [5.41, 5.74) is 3.35. The van der Waals surface area contributed by atoms with Crippen LogP contribution in [0.1, 0.15) is 35.9 Å². The van der Waals surface area contributed by atoms with Gasteiger partial charge in [-0.15, -0.1) is 26.6 Å². The lowest BCUT2D eigenvalue weighted by Gasteiger charge is -2.09. The van der Waals surface area contributed by atoms with Gasteiger partial charge in [0.05, 0.1) is 6.54 Å². The highest BCUT2D eigenvalue weighted by molar-refractivity contribution is 5.80. The summed E-state index contributed by atoms with van der Waals surface area (Å²) in [4.78, 5) is 24.9. The zero-order valence-corrected chi connectivity index (χ0v) is 17.7. The fourth-order valence-corrected chi connectivity index (χ4v) is 3.50. The zero-order chi connectivity index (χ0) is 22.5. The SMILES string of the molecule is C=CCCc1nn(C(=O)CC)c(=O)n1Cc1ccc(-c2ccccc2-c2nn[nH]n2)cc1.